The highest BCUT2D eigenvalue weighted by Crippen LogP contribution is 2.14. The van der Waals surface area contributed by atoms with E-state index in [4.69, 9.17) is 0 Å². The number of nitrogens with one attached hydrogen (secondary N) is 2. The molecule has 0 aromatic carbocycles. The summed E-state index contributed by atoms with van der Waals surface area (Å²) in [5, 5.41) is 2.04. The van der Waals surface area contributed by atoms with E-state index in [1.165, 1.54) is 0 Å². The van der Waals surface area contributed by atoms with Gasteiger partial charge in [-0.3, -0.25) is 4.79 Å². The highest BCUT2D eigenvalue weighted by molar-refractivity contribution is 5.33. The monoisotopic (exact) mass is 221 g/mol. The molecule has 84 valence electrons. The maximum absolute atomic E-state index is 11.8. The molecule has 2 N–H and O–H groups in total. The predicted octanol–water partition coefficient (Wildman–Crippen LogP) is 1.31. The topological polar surface area (TPSA) is 57.8 Å². The van der Waals surface area contributed by atoms with Crippen LogP contribution in [0.15, 0.2) is 10.9 Å². The number of hydrogen-bond donors (Lipinski definition) is 2. The van der Waals surface area contributed by atoms with Crippen molar-refractivity contribution in [2.24, 2.45) is 0 Å². The Hall–Kier alpha value is -1.53. The van der Waals surface area contributed by atoms with Gasteiger partial charge in [0.2, 0.25) is 0 Å². The second kappa shape index (κ2) is 4.33. The van der Waals surface area contributed by atoms with Gasteiger partial charge in [-0.2, -0.15) is 13.2 Å². The van der Waals surface area contributed by atoms with Gasteiger partial charge < -0.3 is 10.3 Å². The van der Waals surface area contributed by atoms with Crippen molar-refractivity contribution in [1.29, 1.82) is 0 Å². The summed E-state index contributed by atoms with van der Waals surface area (Å²) < 4.78 is 35.5. The van der Waals surface area contributed by atoms with Gasteiger partial charge in [0, 0.05) is 12.5 Å². The van der Waals surface area contributed by atoms with E-state index < -0.39 is 18.3 Å². The molecule has 15 heavy (non-hydrogen) atoms. The lowest BCUT2D eigenvalue weighted by Gasteiger charge is -2.08. The lowest BCUT2D eigenvalue weighted by molar-refractivity contribution is -0.115. The molecule has 0 aliphatic carbocycles. The number of aromatic nitrogens is 2. The maximum atomic E-state index is 11.8. The summed E-state index contributed by atoms with van der Waals surface area (Å²) >= 11 is 0. The minimum absolute atomic E-state index is 0.0621. The smallest absolute Gasteiger partial charge is 0.361 e. The Balaban J connectivity index is 2.77. The Bertz CT molecular complexity index is 385. The number of nitrogens with zero attached hydrogens (tertiary/aromatic N) is 1. The predicted molar refractivity (Wildman–Crippen MR) is 48.8 cm³/mol. The first kappa shape index (κ1) is 11.5. The summed E-state index contributed by atoms with van der Waals surface area (Å²) in [6.07, 6.45) is -3.87. The first-order chi connectivity index (χ1) is 6.90. The second-order valence-corrected chi connectivity index (χ2v) is 2.90. The molecule has 1 rings (SSSR count). The standard InChI is InChI=1S/C8H10F3N3O/c1-2-5-13-6(3-7(15)14-5)12-4-8(9,10)11/h3H,2,4H2,1H3,(H2,12,13,14,15). The van der Waals surface area contributed by atoms with E-state index in [2.05, 4.69) is 9.97 Å². The van der Waals surface area contributed by atoms with Gasteiger partial charge in [-0.05, 0) is 0 Å². The van der Waals surface area contributed by atoms with Crippen molar-refractivity contribution >= 4 is 5.82 Å². The van der Waals surface area contributed by atoms with Crippen LogP contribution in [0.4, 0.5) is 19.0 Å². The molecular weight excluding hydrogens is 211 g/mol. The van der Waals surface area contributed by atoms with Crippen molar-refractivity contribution < 1.29 is 13.2 Å². The molecule has 0 aliphatic rings. The number of H-pyrrole nitrogens is 1. The molecule has 0 bridgehead atoms. The first-order valence-electron chi connectivity index (χ1n) is 4.31. The van der Waals surface area contributed by atoms with Crippen molar-refractivity contribution in [2.75, 3.05) is 11.9 Å². The van der Waals surface area contributed by atoms with Gasteiger partial charge in [-0.15, -0.1) is 0 Å². The van der Waals surface area contributed by atoms with Crippen LogP contribution in [0.1, 0.15) is 12.7 Å². The van der Waals surface area contributed by atoms with Crippen molar-refractivity contribution in [3.05, 3.63) is 22.2 Å². The summed E-state index contributed by atoms with van der Waals surface area (Å²) in [6, 6.07) is 0.991. The molecule has 1 aromatic rings. The number of halogens is 3. The van der Waals surface area contributed by atoms with Crippen LogP contribution in [0, 0.1) is 0 Å². The number of alkyl halides is 3. The van der Waals surface area contributed by atoms with Crippen LogP contribution in [-0.2, 0) is 6.42 Å². The molecule has 0 aliphatic heterocycles. The highest BCUT2D eigenvalue weighted by Gasteiger charge is 2.26. The Labute approximate surface area is 83.5 Å². The molecule has 7 heteroatoms. The third-order valence-electron chi connectivity index (χ3n) is 1.60. The summed E-state index contributed by atoms with van der Waals surface area (Å²) in [5.41, 5.74) is -0.466. The molecule has 1 aromatic heterocycles. The van der Waals surface area contributed by atoms with Gasteiger partial charge in [-0.25, -0.2) is 4.98 Å². The van der Waals surface area contributed by atoms with E-state index in [1.54, 1.807) is 6.92 Å². The average molecular weight is 221 g/mol. The van der Waals surface area contributed by atoms with Gasteiger partial charge >= 0.3 is 6.18 Å². The van der Waals surface area contributed by atoms with Crippen molar-refractivity contribution in [2.45, 2.75) is 19.5 Å². The van der Waals surface area contributed by atoms with Crippen LogP contribution in [-0.4, -0.2) is 22.7 Å². The molecule has 0 saturated heterocycles. The summed E-state index contributed by atoms with van der Waals surface area (Å²) in [5.74, 6) is 0.292. The van der Waals surface area contributed by atoms with E-state index in [1.807, 2.05) is 5.32 Å². The lowest BCUT2D eigenvalue weighted by atomic mass is 10.4. The number of anilines is 1. The van der Waals surface area contributed by atoms with E-state index >= 15 is 0 Å². The minimum atomic E-state index is -4.32. The van der Waals surface area contributed by atoms with Gasteiger partial charge in [0.15, 0.2) is 0 Å². The van der Waals surface area contributed by atoms with Crippen LogP contribution in [0.5, 0.6) is 0 Å². The molecule has 4 nitrogen and oxygen atoms in total. The Morgan fingerprint density at radius 2 is 2.20 bits per heavy atom. The molecule has 0 atom stereocenters. The van der Waals surface area contributed by atoms with E-state index in [9.17, 15) is 18.0 Å². The van der Waals surface area contributed by atoms with Crippen LogP contribution >= 0.6 is 0 Å². The number of aryl methyl sites for hydroxylation is 1. The highest BCUT2D eigenvalue weighted by atomic mass is 19.4. The molecule has 0 unspecified atom stereocenters. The minimum Gasteiger partial charge on any atom is -0.361 e. The lowest BCUT2D eigenvalue weighted by Crippen LogP contribution is -2.23. The number of hydrogen-bond acceptors (Lipinski definition) is 3. The Morgan fingerprint density at radius 1 is 1.53 bits per heavy atom. The van der Waals surface area contributed by atoms with Crippen LogP contribution in [0.2, 0.25) is 0 Å². The fourth-order valence-corrected chi connectivity index (χ4v) is 0.957. The third-order valence-corrected chi connectivity index (χ3v) is 1.60. The fourth-order valence-electron chi connectivity index (χ4n) is 0.957. The molecule has 0 fully saturated rings. The van der Waals surface area contributed by atoms with E-state index in [-0.39, 0.29) is 5.82 Å². The van der Waals surface area contributed by atoms with Gasteiger partial charge in [-0.1, -0.05) is 6.92 Å². The Morgan fingerprint density at radius 3 is 2.73 bits per heavy atom. The zero-order chi connectivity index (χ0) is 11.5. The van der Waals surface area contributed by atoms with Gasteiger partial charge in [0.05, 0.1) is 0 Å². The zero-order valence-electron chi connectivity index (χ0n) is 7.98. The van der Waals surface area contributed by atoms with Crippen molar-refractivity contribution in [1.82, 2.24) is 9.97 Å². The van der Waals surface area contributed by atoms with Crippen LogP contribution in [0.25, 0.3) is 0 Å². The SMILES string of the molecule is CCc1nc(NCC(F)(F)F)cc(=O)[nH]1. The largest absolute Gasteiger partial charge is 0.405 e. The molecule has 0 radical (unpaired) electrons. The van der Waals surface area contributed by atoms with Crippen LogP contribution in [0.3, 0.4) is 0 Å². The van der Waals surface area contributed by atoms with Gasteiger partial charge in [0.1, 0.15) is 18.2 Å². The summed E-state index contributed by atoms with van der Waals surface area (Å²) in [4.78, 5) is 17.2. The third kappa shape index (κ3) is 4.01. The molecule has 0 saturated carbocycles. The zero-order valence-corrected chi connectivity index (χ0v) is 7.98. The molecule has 0 spiro atoms. The Kier molecular flexibility index (Phi) is 3.33. The van der Waals surface area contributed by atoms with E-state index in [0.717, 1.165) is 6.07 Å². The van der Waals surface area contributed by atoms with Crippen LogP contribution < -0.4 is 10.9 Å². The summed E-state index contributed by atoms with van der Waals surface area (Å²) in [7, 11) is 0. The number of rotatable bonds is 3. The quantitative estimate of drug-likeness (QED) is 0.809. The maximum Gasteiger partial charge on any atom is 0.405 e. The summed E-state index contributed by atoms with van der Waals surface area (Å²) in [6.45, 7) is 0.540. The van der Waals surface area contributed by atoms with E-state index in [0.29, 0.717) is 12.2 Å². The molecular formula is C8H10F3N3O. The van der Waals surface area contributed by atoms with Crippen molar-refractivity contribution in [3.63, 3.8) is 0 Å². The molecule has 1 heterocycles. The molecule has 0 amide bonds. The normalized spacial score (nSPS) is 11.5. The average Bonchev–Trinajstić information content (AvgIpc) is 2.13. The second-order valence-electron chi connectivity index (χ2n) is 2.90. The number of aromatic amines is 1. The van der Waals surface area contributed by atoms with Gasteiger partial charge in [0.25, 0.3) is 5.56 Å². The first-order valence-corrected chi connectivity index (χ1v) is 4.31. The van der Waals surface area contributed by atoms with Crippen molar-refractivity contribution in [3.8, 4) is 0 Å². The fraction of sp³-hybridized carbons (Fsp3) is 0.500.